The normalized spacial score (nSPS) is 10.5. The van der Waals surface area contributed by atoms with Crippen LogP contribution in [0.4, 0.5) is 5.82 Å². The van der Waals surface area contributed by atoms with Crippen molar-refractivity contribution >= 4 is 17.6 Å². The van der Waals surface area contributed by atoms with Crippen LogP contribution in [0.25, 0.3) is 0 Å². The van der Waals surface area contributed by atoms with Gasteiger partial charge in [0.25, 0.3) is 0 Å². The topological polar surface area (TPSA) is 84.7 Å². The van der Waals surface area contributed by atoms with E-state index in [1.165, 1.54) is 6.26 Å². The van der Waals surface area contributed by atoms with Crippen molar-refractivity contribution in [2.75, 3.05) is 31.6 Å². The summed E-state index contributed by atoms with van der Waals surface area (Å²) in [5, 5.41) is 6.25. The molecule has 0 unspecified atom stereocenters. The van der Waals surface area contributed by atoms with E-state index in [-0.39, 0.29) is 18.4 Å². The summed E-state index contributed by atoms with van der Waals surface area (Å²) in [5.74, 6) is -0.0231. The molecule has 0 aliphatic rings. The van der Waals surface area contributed by atoms with Crippen LogP contribution in [0.1, 0.15) is 25.3 Å². The Bertz CT molecular complexity index is 659. The van der Waals surface area contributed by atoms with Crippen molar-refractivity contribution in [3.8, 4) is 0 Å². The van der Waals surface area contributed by atoms with Crippen molar-refractivity contribution in [3.05, 3.63) is 48.2 Å². The molecule has 140 valence electrons. The summed E-state index contributed by atoms with van der Waals surface area (Å²) in [5.41, 5.74) is 1.10. The summed E-state index contributed by atoms with van der Waals surface area (Å²) in [7, 11) is 0. The second-order valence-corrected chi connectivity index (χ2v) is 5.78. The number of benzene rings is 1. The molecule has 0 saturated heterocycles. The van der Waals surface area contributed by atoms with Gasteiger partial charge >= 0.3 is 0 Å². The Labute approximate surface area is 153 Å². The molecule has 2 aromatic rings. The van der Waals surface area contributed by atoms with Gasteiger partial charge in [-0.3, -0.25) is 9.59 Å². The van der Waals surface area contributed by atoms with Gasteiger partial charge in [-0.2, -0.15) is 0 Å². The maximum absolute atomic E-state index is 12.6. The van der Waals surface area contributed by atoms with E-state index in [4.69, 9.17) is 4.74 Å². The zero-order valence-electron chi connectivity index (χ0n) is 15.0. The van der Waals surface area contributed by atoms with Crippen molar-refractivity contribution < 1.29 is 18.8 Å². The minimum Gasteiger partial charge on any atom is -0.382 e. The minimum atomic E-state index is -0.302. The molecular formula is C19H25N3O4. The van der Waals surface area contributed by atoms with Gasteiger partial charge in [-0.1, -0.05) is 35.5 Å². The molecule has 0 spiro atoms. The SMILES string of the molecule is CCOCCCN(CC(=O)Nc1ccon1)C(=O)CCc1ccccc1. The molecule has 0 bridgehead atoms. The molecule has 1 N–H and O–H groups in total. The molecule has 2 amide bonds. The summed E-state index contributed by atoms with van der Waals surface area (Å²) >= 11 is 0. The maximum atomic E-state index is 12.6. The second kappa shape index (κ2) is 11.0. The molecule has 0 aliphatic carbocycles. The first-order chi connectivity index (χ1) is 12.7. The molecule has 0 saturated carbocycles. The molecule has 0 fully saturated rings. The number of anilines is 1. The number of amides is 2. The number of hydrogen-bond acceptors (Lipinski definition) is 5. The van der Waals surface area contributed by atoms with Crippen molar-refractivity contribution in [1.82, 2.24) is 10.1 Å². The number of aryl methyl sites for hydroxylation is 1. The lowest BCUT2D eigenvalue weighted by Gasteiger charge is -2.22. The van der Waals surface area contributed by atoms with Gasteiger partial charge in [-0.15, -0.1) is 0 Å². The highest BCUT2D eigenvalue weighted by Gasteiger charge is 2.17. The zero-order chi connectivity index (χ0) is 18.6. The first-order valence-electron chi connectivity index (χ1n) is 8.78. The Morgan fingerprint density at radius 1 is 1.23 bits per heavy atom. The van der Waals surface area contributed by atoms with E-state index in [1.54, 1.807) is 11.0 Å². The van der Waals surface area contributed by atoms with Crippen LogP contribution in [-0.2, 0) is 20.7 Å². The maximum Gasteiger partial charge on any atom is 0.245 e. The number of rotatable bonds is 11. The number of carbonyl (C=O) groups excluding carboxylic acids is 2. The van der Waals surface area contributed by atoms with Crippen LogP contribution in [0, 0.1) is 0 Å². The van der Waals surface area contributed by atoms with Crippen molar-refractivity contribution in [3.63, 3.8) is 0 Å². The zero-order valence-corrected chi connectivity index (χ0v) is 15.0. The van der Waals surface area contributed by atoms with E-state index in [0.29, 0.717) is 44.8 Å². The molecular weight excluding hydrogens is 334 g/mol. The monoisotopic (exact) mass is 359 g/mol. The highest BCUT2D eigenvalue weighted by molar-refractivity contribution is 5.93. The standard InChI is InChI=1S/C19H25N3O4/c1-2-25-13-6-12-22(15-18(23)20-17-11-14-26-21-17)19(24)10-9-16-7-4-3-5-8-16/h3-5,7-8,11,14H,2,6,9-10,12-13,15H2,1H3,(H,20,21,23). The van der Waals surface area contributed by atoms with Crippen LogP contribution in [-0.4, -0.2) is 48.2 Å². The van der Waals surface area contributed by atoms with Gasteiger partial charge in [-0.05, 0) is 25.3 Å². The molecule has 0 atom stereocenters. The van der Waals surface area contributed by atoms with E-state index in [0.717, 1.165) is 5.56 Å². The van der Waals surface area contributed by atoms with Crippen molar-refractivity contribution in [2.45, 2.75) is 26.2 Å². The molecule has 26 heavy (non-hydrogen) atoms. The highest BCUT2D eigenvalue weighted by Crippen LogP contribution is 2.07. The molecule has 1 heterocycles. The quantitative estimate of drug-likeness (QED) is 0.623. The average molecular weight is 359 g/mol. The van der Waals surface area contributed by atoms with Crippen LogP contribution in [0.5, 0.6) is 0 Å². The third kappa shape index (κ3) is 7.06. The molecule has 0 aliphatic heterocycles. The average Bonchev–Trinajstić information content (AvgIpc) is 3.16. The van der Waals surface area contributed by atoms with Crippen LogP contribution >= 0.6 is 0 Å². The number of aromatic nitrogens is 1. The summed E-state index contributed by atoms with van der Waals surface area (Å²) in [6.07, 6.45) is 3.06. The lowest BCUT2D eigenvalue weighted by atomic mass is 10.1. The van der Waals surface area contributed by atoms with Gasteiger partial charge in [0.05, 0.1) is 6.54 Å². The molecule has 1 aromatic carbocycles. The fourth-order valence-corrected chi connectivity index (χ4v) is 2.48. The van der Waals surface area contributed by atoms with Gasteiger partial charge in [0, 0.05) is 32.2 Å². The first-order valence-corrected chi connectivity index (χ1v) is 8.78. The molecule has 7 nitrogen and oxygen atoms in total. The van der Waals surface area contributed by atoms with Crippen LogP contribution in [0.15, 0.2) is 47.2 Å². The molecule has 7 heteroatoms. The molecule has 2 rings (SSSR count). The fourth-order valence-electron chi connectivity index (χ4n) is 2.48. The van der Waals surface area contributed by atoms with Gasteiger partial charge in [-0.25, -0.2) is 0 Å². The number of hydrogen-bond donors (Lipinski definition) is 1. The third-order valence-electron chi connectivity index (χ3n) is 3.78. The van der Waals surface area contributed by atoms with E-state index in [1.807, 2.05) is 37.3 Å². The Kier molecular flexibility index (Phi) is 8.35. The first kappa shape index (κ1) is 19.7. The second-order valence-electron chi connectivity index (χ2n) is 5.78. The highest BCUT2D eigenvalue weighted by atomic mass is 16.5. The molecule has 1 aromatic heterocycles. The van der Waals surface area contributed by atoms with Crippen LogP contribution < -0.4 is 5.32 Å². The van der Waals surface area contributed by atoms with E-state index in [9.17, 15) is 9.59 Å². The lowest BCUT2D eigenvalue weighted by molar-refractivity contribution is -0.134. The summed E-state index contributed by atoms with van der Waals surface area (Å²) < 4.78 is 10.0. The summed E-state index contributed by atoms with van der Waals surface area (Å²) in [4.78, 5) is 26.3. The Morgan fingerprint density at radius 3 is 2.73 bits per heavy atom. The Morgan fingerprint density at radius 2 is 2.04 bits per heavy atom. The minimum absolute atomic E-state index is 0.0212. The number of ether oxygens (including phenoxy) is 1. The van der Waals surface area contributed by atoms with Crippen molar-refractivity contribution in [1.29, 1.82) is 0 Å². The van der Waals surface area contributed by atoms with Gasteiger partial charge < -0.3 is 19.5 Å². The predicted molar refractivity (Wildman–Crippen MR) is 97.6 cm³/mol. The van der Waals surface area contributed by atoms with E-state index >= 15 is 0 Å². The van der Waals surface area contributed by atoms with E-state index < -0.39 is 0 Å². The summed E-state index contributed by atoms with van der Waals surface area (Å²) in [6.45, 7) is 3.57. The summed E-state index contributed by atoms with van der Waals surface area (Å²) in [6, 6.07) is 11.4. The fraction of sp³-hybridized carbons (Fsp3) is 0.421. The van der Waals surface area contributed by atoms with Gasteiger partial charge in [0.1, 0.15) is 6.26 Å². The lowest BCUT2D eigenvalue weighted by Crippen LogP contribution is -2.39. The van der Waals surface area contributed by atoms with Crippen LogP contribution in [0.2, 0.25) is 0 Å². The third-order valence-corrected chi connectivity index (χ3v) is 3.78. The number of nitrogens with one attached hydrogen (secondary N) is 1. The predicted octanol–water partition coefficient (Wildman–Crippen LogP) is 2.50. The number of nitrogens with zero attached hydrogens (tertiary/aromatic N) is 2. The van der Waals surface area contributed by atoms with E-state index in [2.05, 4.69) is 15.0 Å². The van der Waals surface area contributed by atoms with Crippen LogP contribution in [0.3, 0.4) is 0 Å². The number of carbonyl (C=O) groups is 2. The largest absolute Gasteiger partial charge is 0.382 e. The van der Waals surface area contributed by atoms with Gasteiger partial charge in [0.2, 0.25) is 11.8 Å². The van der Waals surface area contributed by atoms with Gasteiger partial charge in [0.15, 0.2) is 5.82 Å². The molecule has 0 radical (unpaired) electrons. The Hall–Kier alpha value is -2.67. The Balaban J connectivity index is 1.88. The van der Waals surface area contributed by atoms with Crippen molar-refractivity contribution in [2.24, 2.45) is 0 Å². The smallest absolute Gasteiger partial charge is 0.245 e.